The average Bonchev–Trinajstić information content (AvgIpc) is 3.41. The first-order valence-electron chi connectivity index (χ1n) is 32.3. The van der Waals surface area contributed by atoms with Crippen LogP contribution in [0.2, 0.25) is 0 Å². The van der Waals surface area contributed by atoms with Gasteiger partial charge in [-0.15, -0.1) is 0 Å². The molecule has 0 saturated carbocycles. The van der Waals surface area contributed by atoms with Crippen LogP contribution in [-0.2, 0) is 32.7 Å². The summed E-state index contributed by atoms with van der Waals surface area (Å²) in [7, 11) is 1.16. The third kappa shape index (κ3) is 62.4. The molecule has 0 aromatic rings. The molecule has 0 bridgehead atoms. The van der Waals surface area contributed by atoms with Gasteiger partial charge in [-0.2, -0.15) is 0 Å². The Morgan fingerprint density at radius 3 is 1.09 bits per heavy atom. The van der Waals surface area contributed by atoms with Gasteiger partial charge in [0.15, 0.2) is 6.10 Å². The molecule has 0 heterocycles. The Hall–Kier alpha value is -2.81. The number of esters is 2. The summed E-state index contributed by atoms with van der Waals surface area (Å²) in [5, 5.41) is 0. The van der Waals surface area contributed by atoms with E-state index < -0.39 is 26.5 Å². The van der Waals surface area contributed by atoms with Gasteiger partial charge in [0.2, 0.25) is 0 Å². The summed E-state index contributed by atoms with van der Waals surface area (Å²) in [5.74, 6) is -0.837. The molecule has 0 aromatic carbocycles. The number of unbranched alkanes of at least 4 members (excludes halogenated alkanes) is 31. The van der Waals surface area contributed by atoms with Crippen molar-refractivity contribution in [2.24, 2.45) is 0 Å². The number of quaternary nitrogens is 1. The van der Waals surface area contributed by atoms with Gasteiger partial charge in [-0.3, -0.25) is 14.2 Å². The van der Waals surface area contributed by atoms with Gasteiger partial charge >= 0.3 is 11.9 Å². The molecule has 0 N–H and O–H groups in total. The molecule has 0 spiro atoms. The maximum atomic E-state index is 12.8. The molecular weight excluding hydrogens is 990 g/mol. The van der Waals surface area contributed by atoms with Crippen LogP contribution in [0, 0.1) is 0 Å². The molecule has 452 valence electrons. The van der Waals surface area contributed by atoms with Gasteiger partial charge in [0.05, 0.1) is 27.7 Å². The van der Waals surface area contributed by atoms with Crippen LogP contribution in [0.3, 0.4) is 0 Å². The SMILES string of the molecule is CC/C=C\C/C=C\C/C=C\C/C=C\CCCCCCCCCCC(=O)OC(COC(=O)CCCCCCCCCCCCCCCCCCCC/C=C\C/C=C\C/C=C\CCCCCCC)COP(=O)([O-])OCC[N+](C)(C)C. The molecule has 0 aliphatic heterocycles. The van der Waals surface area contributed by atoms with Crippen molar-refractivity contribution in [1.29, 1.82) is 0 Å². The van der Waals surface area contributed by atoms with Gasteiger partial charge < -0.3 is 27.9 Å². The number of nitrogens with zero attached hydrogens (tertiary/aromatic N) is 1. The number of allylic oxidation sites excluding steroid dienone is 14. The lowest BCUT2D eigenvalue weighted by atomic mass is 10.0. The summed E-state index contributed by atoms with van der Waals surface area (Å²) >= 11 is 0. The first kappa shape index (κ1) is 75.2. The number of hydrogen-bond donors (Lipinski definition) is 0. The second kappa shape index (κ2) is 58.8. The third-order valence-electron chi connectivity index (χ3n) is 13.9. The highest BCUT2D eigenvalue weighted by Gasteiger charge is 2.22. The molecule has 0 fully saturated rings. The van der Waals surface area contributed by atoms with E-state index in [1.807, 2.05) is 21.1 Å². The molecule has 0 rings (SSSR count). The zero-order valence-corrected chi connectivity index (χ0v) is 52.2. The molecule has 78 heavy (non-hydrogen) atoms. The highest BCUT2D eigenvalue weighted by Crippen LogP contribution is 2.38. The van der Waals surface area contributed by atoms with Crippen molar-refractivity contribution in [2.45, 2.75) is 290 Å². The van der Waals surface area contributed by atoms with E-state index in [-0.39, 0.29) is 32.0 Å². The van der Waals surface area contributed by atoms with E-state index in [0.29, 0.717) is 17.4 Å². The summed E-state index contributed by atoms with van der Waals surface area (Å²) < 4.78 is 34.2. The number of hydrogen-bond acceptors (Lipinski definition) is 8. The number of ether oxygens (including phenoxy) is 2. The van der Waals surface area contributed by atoms with Crippen LogP contribution < -0.4 is 4.89 Å². The van der Waals surface area contributed by atoms with Crippen LogP contribution in [0.25, 0.3) is 0 Å². The fourth-order valence-electron chi connectivity index (χ4n) is 8.95. The third-order valence-corrected chi connectivity index (χ3v) is 14.9. The predicted octanol–water partition coefficient (Wildman–Crippen LogP) is 20.0. The second-order valence-corrected chi connectivity index (χ2v) is 24.2. The second-order valence-electron chi connectivity index (χ2n) is 22.7. The Kier molecular flexibility index (Phi) is 56.7. The first-order chi connectivity index (χ1) is 38.0. The van der Waals surface area contributed by atoms with Gasteiger partial charge in [0.1, 0.15) is 19.8 Å². The minimum absolute atomic E-state index is 0.0350. The molecule has 0 aliphatic rings. The molecule has 0 aromatic heterocycles. The minimum atomic E-state index is -4.64. The van der Waals surface area contributed by atoms with Crippen LogP contribution in [0.15, 0.2) is 85.1 Å². The Bertz CT molecular complexity index is 1590. The molecule has 2 unspecified atom stereocenters. The van der Waals surface area contributed by atoms with Crippen molar-refractivity contribution in [2.75, 3.05) is 47.5 Å². The molecule has 0 aliphatic carbocycles. The summed E-state index contributed by atoms with van der Waals surface area (Å²) in [6.07, 6.45) is 79.3. The largest absolute Gasteiger partial charge is 0.756 e. The maximum absolute atomic E-state index is 12.8. The lowest BCUT2D eigenvalue weighted by Gasteiger charge is -2.28. The molecule has 9 nitrogen and oxygen atoms in total. The van der Waals surface area contributed by atoms with Crippen molar-refractivity contribution in [3.8, 4) is 0 Å². The molecular formula is C68H122NO8P. The fraction of sp³-hybridized carbons (Fsp3) is 0.765. The van der Waals surface area contributed by atoms with Crippen molar-refractivity contribution < 1.29 is 42.1 Å². The highest BCUT2D eigenvalue weighted by molar-refractivity contribution is 7.45. The summed E-state index contributed by atoms with van der Waals surface area (Å²) in [6, 6.07) is 0. The number of likely N-dealkylation sites (N-methyl/N-ethyl adjacent to an activating group) is 1. The summed E-state index contributed by atoms with van der Waals surface area (Å²) in [4.78, 5) is 38.0. The highest BCUT2D eigenvalue weighted by atomic mass is 31.2. The number of phosphoric acid groups is 1. The van der Waals surface area contributed by atoms with E-state index in [1.165, 1.54) is 167 Å². The lowest BCUT2D eigenvalue weighted by molar-refractivity contribution is -0.870. The van der Waals surface area contributed by atoms with E-state index >= 15 is 0 Å². The molecule has 10 heteroatoms. The van der Waals surface area contributed by atoms with E-state index in [9.17, 15) is 19.0 Å². The van der Waals surface area contributed by atoms with Gasteiger partial charge in [0.25, 0.3) is 7.82 Å². The monoisotopic (exact) mass is 1110 g/mol. The van der Waals surface area contributed by atoms with E-state index in [2.05, 4.69) is 98.9 Å². The fourth-order valence-corrected chi connectivity index (χ4v) is 9.68. The van der Waals surface area contributed by atoms with Crippen molar-refractivity contribution in [3.05, 3.63) is 85.1 Å². The standard InChI is InChI=1S/C68H122NO8P/c1-6-8-10-12-14-16-18-20-22-24-26-28-29-30-31-32-33-34-35-36-37-38-39-41-42-44-46-48-50-52-54-56-58-60-67(70)74-64-66(65-76-78(72,73)75-63-62-69(3,4)5)77-68(71)61-59-57-55-53-51-49-47-45-43-40-27-25-23-21-19-17-15-13-11-9-7-2/h9,11,15,17-18,20-21,23-24,26-27,29-30,40,66H,6-8,10,12-14,16,19,22,25,28,31-39,41-65H2,1-5H3/b11-9-,17-15-,20-18-,23-21-,26-24-,30-29-,40-27-. The predicted molar refractivity (Wildman–Crippen MR) is 332 cm³/mol. The van der Waals surface area contributed by atoms with Gasteiger partial charge in [-0.1, -0.05) is 266 Å². The van der Waals surface area contributed by atoms with E-state index in [1.54, 1.807) is 0 Å². The molecule has 0 saturated heterocycles. The quantitative estimate of drug-likeness (QED) is 0.0195. The average molecular weight is 1110 g/mol. The summed E-state index contributed by atoms with van der Waals surface area (Å²) in [5.41, 5.74) is 0. The first-order valence-corrected chi connectivity index (χ1v) is 33.8. The van der Waals surface area contributed by atoms with Crippen LogP contribution in [-0.4, -0.2) is 70.0 Å². The van der Waals surface area contributed by atoms with Gasteiger partial charge in [0, 0.05) is 12.8 Å². The number of carbonyl (C=O) groups is 2. The Labute approximate surface area is 481 Å². The molecule has 0 radical (unpaired) electrons. The number of carbonyl (C=O) groups excluding carboxylic acids is 2. The summed E-state index contributed by atoms with van der Waals surface area (Å²) in [6.45, 7) is 4.13. The Morgan fingerprint density at radius 1 is 0.410 bits per heavy atom. The van der Waals surface area contributed by atoms with Crippen molar-refractivity contribution >= 4 is 19.8 Å². The Balaban J connectivity index is 4.05. The van der Waals surface area contributed by atoms with Gasteiger partial charge in [-0.25, -0.2) is 0 Å². The van der Waals surface area contributed by atoms with E-state index in [4.69, 9.17) is 18.5 Å². The zero-order chi connectivity index (χ0) is 57.0. The van der Waals surface area contributed by atoms with Crippen LogP contribution in [0.5, 0.6) is 0 Å². The van der Waals surface area contributed by atoms with Crippen molar-refractivity contribution in [3.63, 3.8) is 0 Å². The van der Waals surface area contributed by atoms with Crippen LogP contribution >= 0.6 is 7.82 Å². The number of rotatable bonds is 59. The molecule has 2 atom stereocenters. The lowest BCUT2D eigenvalue weighted by Crippen LogP contribution is -2.37. The van der Waals surface area contributed by atoms with Crippen molar-refractivity contribution in [1.82, 2.24) is 0 Å². The van der Waals surface area contributed by atoms with Crippen LogP contribution in [0.1, 0.15) is 284 Å². The zero-order valence-electron chi connectivity index (χ0n) is 51.3. The topological polar surface area (TPSA) is 111 Å². The smallest absolute Gasteiger partial charge is 0.306 e. The van der Waals surface area contributed by atoms with E-state index in [0.717, 1.165) is 83.5 Å². The normalized spacial score (nSPS) is 13.8. The minimum Gasteiger partial charge on any atom is -0.756 e. The Morgan fingerprint density at radius 2 is 0.731 bits per heavy atom. The number of phosphoric ester groups is 1. The molecule has 0 amide bonds. The van der Waals surface area contributed by atoms with Crippen LogP contribution in [0.4, 0.5) is 0 Å². The van der Waals surface area contributed by atoms with Gasteiger partial charge in [-0.05, 0) is 89.9 Å². The maximum Gasteiger partial charge on any atom is 0.306 e.